The molecule has 14 nitrogen and oxygen atoms in total. The summed E-state index contributed by atoms with van der Waals surface area (Å²) in [5.74, 6) is -1.97. The predicted molar refractivity (Wildman–Crippen MR) is 197 cm³/mol. The summed E-state index contributed by atoms with van der Waals surface area (Å²) in [7, 11) is 9.66. The van der Waals surface area contributed by atoms with Gasteiger partial charge in [-0.1, -0.05) is 54.9 Å². The second kappa shape index (κ2) is 20.3. The summed E-state index contributed by atoms with van der Waals surface area (Å²) in [4.78, 5) is 76.0. The summed E-state index contributed by atoms with van der Waals surface area (Å²) in [6.45, 7) is 13.5. The zero-order valence-electron chi connectivity index (χ0n) is 32.8. The number of imide groups is 1. The molecular formula is C36H62N6O8S. The van der Waals surface area contributed by atoms with Gasteiger partial charge in [-0.3, -0.25) is 24.1 Å². The molecule has 2 rings (SSSR count). The largest absolute Gasteiger partial charge is 0.452 e. The molecule has 2 N–H and O–H groups in total. The Hall–Kier alpha value is -2.98. The molecule has 0 aliphatic carbocycles. The van der Waals surface area contributed by atoms with Gasteiger partial charge in [-0.25, -0.2) is 9.78 Å². The van der Waals surface area contributed by atoms with Gasteiger partial charge in [0.15, 0.2) is 5.78 Å². The number of amides is 4. The highest BCUT2D eigenvalue weighted by Crippen LogP contribution is 2.29. The van der Waals surface area contributed by atoms with Gasteiger partial charge >= 0.3 is 6.09 Å². The molecule has 1 aliphatic heterocycles. The number of thiazole rings is 1. The van der Waals surface area contributed by atoms with Gasteiger partial charge in [-0.05, 0) is 44.7 Å². The van der Waals surface area contributed by atoms with Gasteiger partial charge in [-0.2, -0.15) is 4.90 Å². The van der Waals surface area contributed by atoms with E-state index in [9.17, 15) is 24.0 Å². The summed E-state index contributed by atoms with van der Waals surface area (Å²) in [5, 5.41) is 8.25. The maximum atomic E-state index is 14.1. The summed E-state index contributed by atoms with van der Waals surface area (Å²) >= 11 is 1.14. The number of Topliss-reactive ketones (excluding diaryl/α,β-unsaturated/α-hetero) is 1. The van der Waals surface area contributed by atoms with E-state index in [2.05, 4.69) is 15.6 Å². The molecule has 0 saturated carbocycles. The fraction of sp³-hybridized carbons (Fsp3) is 0.778. The van der Waals surface area contributed by atoms with Crippen molar-refractivity contribution in [2.45, 2.75) is 117 Å². The first kappa shape index (κ1) is 44.2. The molecule has 9 unspecified atom stereocenters. The van der Waals surface area contributed by atoms with E-state index in [-0.39, 0.29) is 52.9 Å². The van der Waals surface area contributed by atoms with Gasteiger partial charge in [0.1, 0.15) is 6.04 Å². The number of rotatable bonds is 19. The Labute approximate surface area is 308 Å². The van der Waals surface area contributed by atoms with Crippen LogP contribution in [0.1, 0.15) is 74.1 Å². The number of carbonyl (C=O) groups excluding carboxylic acids is 5. The lowest BCUT2D eigenvalue weighted by Crippen LogP contribution is -2.59. The second-order valence-electron chi connectivity index (χ2n) is 14.5. The first-order valence-electron chi connectivity index (χ1n) is 17.9. The van der Waals surface area contributed by atoms with E-state index in [1.165, 1.54) is 20.4 Å². The number of hydrogen-bond donors (Lipinski definition) is 2. The third kappa shape index (κ3) is 11.0. The number of aromatic nitrogens is 1. The van der Waals surface area contributed by atoms with E-state index in [4.69, 9.17) is 14.2 Å². The van der Waals surface area contributed by atoms with E-state index >= 15 is 0 Å². The van der Waals surface area contributed by atoms with Gasteiger partial charge in [-0.15, -0.1) is 11.3 Å². The summed E-state index contributed by atoms with van der Waals surface area (Å²) in [6, 6.07) is -2.47. The molecule has 0 aromatic carbocycles. The molecule has 1 saturated heterocycles. The Kier molecular flexibility index (Phi) is 17.6. The molecule has 4 amide bonds. The fourth-order valence-corrected chi connectivity index (χ4v) is 7.84. The van der Waals surface area contributed by atoms with Crippen molar-refractivity contribution in [3.05, 3.63) is 11.6 Å². The highest BCUT2D eigenvalue weighted by molar-refractivity contribution is 7.14. The lowest BCUT2D eigenvalue weighted by atomic mass is 9.88. The average molecular weight is 739 g/mol. The number of ether oxygens (including phenoxy) is 3. The maximum Gasteiger partial charge on any atom is 0.422 e. The molecule has 2 heterocycles. The molecule has 1 fully saturated rings. The van der Waals surface area contributed by atoms with Gasteiger partial charge in [0.05, 0.1) is 43.4 Å². The first-order valence-corrected chi connectivity index (χ1v) is 18.7. The third-order valence-electron chi connectivity index (χ3n) is 10.1. The summed E-state index contributed by atoms with van der Waals surface area (Å²) in [6.07, 6.45) is 1.26. The predicted octanol–water partition coefficient (Wildman–Crippen LogP) is 3.59. The Morgan fingerprint density at radius 2 is 1.61 bits per heavy atom. The van der Waals surface area contributed by atoms with E-state index in [0.717, 1.165) is 22.7 Å². The number of anilines is 1. The number of carbonyl (C=O) groups is 5. The second-order valence-corrected chi connectivity index (χ2v) is 15.4. The summed E-state index contributed by atoms with van der Waals surface area (Å²) in [5.41, 5.74) is 0. The Balaban J connectivity index is 2.23. The maximum absolute atomic E-state index is 14.1. The smallest absolute Gasteiger partial charge is 0.422 e. The number of ketones is 1. The van der Waals surface area contributed by atoms with Crippen molar-refractivity contribution in [1.29, 1.82) is 0 Å². The minimum atomic E-state index is -0.843. The zero-order valence-corrected chi connectivity index (χ0v) is 33.6. The molecule has 9 atom stereocenters. The topological polar surface area (TPSA) is 160 Å². The molecule has 51 heavy (non-hydrogen) atoms. The normalized spacial score (nSPS) is 20.3. The quantitative estimate of drug-likeness (QED) is 0.214. The van der Waals surface area contributed by atoms with Gasteiger partial charge in [0.2, 0.25) is 22.9 Å². The standard InChI is InChI=1S/C36H62N6O8S/c1-14-22(6)30(41(10)34(46)28(20(2)3)39-32(44)29(21(4)5)40(8)9)27(48-11)19-26(43)24-15-16-25(38-24)31(49-12)23(7)33(45)42(36(47)50-13)35-37-17-18-51-35/h17-18,20-25,27-31,38H,14-16,19H2,1-13H3,(H,39,44). The van der Waals surface area contributed by atoms with Crippen LogP contribution in [-0.4, -0.2) is 129 Å². The van der Waals surface area contributed by atoms with Crippen LogP contribution >= 0.6 is 11.3 Å². The van der Waals surface area contributed by atoms with Crippen LogP contribution in [-0.2, 0) is 33.4 Å². The van der Waals surface area contributed by atoms with Crippen molar-refractivity contribution in [3.8, 4) is 0 Å². The average Bonchev–Trinajstić information content (AvgIpc) is 3.79. The minimum Gasteiger partial charge on any atom is -0.452 e. The molecule has 1 aromatic heterocycles. The number of methoxy groups -OCH3 is 3. The fourth-order valence-electron chi connectivity index (χ4n) is 7.20. The molecule has 1 aromatic rings. The molecule has 0 spiro atoms. The van der Waals surface area contributed by atoms with Crippen molar-refractivity contribution in [3.63, 3.8) is 0 Å². The van der Waals surface area contributed by atoms with Crippen molar-refractivity contribution in [2.75, 3.05) is 47.4 Å². The molecular weight excluding hydrogens is 676 g/mol. The van der Waals surface area contributed by atoms with Crippen LogP contribution in [0.15, 0.2) is 11.6 Å². The van der Waals surface area contributed by atoms with E-state index in [1.807, 2.05) is 60.5 Å². The van der Waals surface area contributed by atoms with Crippen LogP contribution in [0, 0.1) is 23.7 Å². The number of nitrogens with zero attached hydrogens (tertiary/aromatic N) is 4. The highest BCUT2D eigenvalue weighted by Gasteiger charge is 2.43. The van der Waals surface area contributed by atoms with E-state index in [1.54, 1.807) is 31.4 Å². The van der Waals surface area contributed by atoms with E-state index < -0.39 is 54.3 Å². The SMILES string of the molecule is CCC(C)C(C(CC(=O)C1CCC(C(OC)C(C)C(=O)N(C(=O)OC)c2nccs2)N1)OC)N(C)C(=O)C(NC(=O)C(C(C)C)N(C)C)C(C)C. The van der Waals surface area contributed by atoms with Crippen molar-refractivity contribution >= 4 is 46.1 Å². The number of nitrogens with one attached hydrogen (secondary N) is 2. The Bertz CT molecular complexity index is 1290. The highest BCUT2D eigenvalue weighted by atomic mass is 32.1. The monoisotopic (exact) mass is 738 g/mol. The van der Waals surface area contributed by atoms with Crippen LogP contribution in [0.5, 0.6) is 0 Å². The Morgan fingerprint density at radius 1 is 0.961 bits per heavy atom. The number of hydrogen-bond acceptors (Lipinski definition) is 12. The molecule has 290 valence electrons. The van der Waals surface area contributed by atoms with Crippen molar-refractivity contribution in [2.24, 2.45) is 23.7 Å². The van der Waals surface area contributed by atoms with Crippen LogP contribution in [0.2, 0.25) is 0 Å². The van der Waals surface area contributed by atoms with Crippen LogP contribution in [0.4, 0.5) is 9.93 Å². The van der Waals surface area contributed by atoms with Gasteiger partial charge in [0.25, 0.3) is 0 Å². The summed E-state index contributed by atoms with van der Waals surface area (Å²) < 4.78 is 16.6. The van der Waals surface area contributed by atoms with Crippen molar-refractivity contribution < 1.29 is 38.2 Å². The van der Waals surface area contributed by atoms with Crippen LogP contribution < -0.4 is 15.5 Å². The molecule has 0 bridgehead atoms. The minimum absolute atomic E-state index is 0.0185. The Morgan fingerprint density at radius 3 is 2.08 bits per heavy atom. The molecule has 0 radical (unpaired) electrons. The molecule has 1 aliphatic rings. The van der Waals surface area contributed by atoms with E-state index in [0.29, 0.717) is 12.8 Å². The van der Waals surface area contributed by atoms with Gasteiger partial charge in [0, 0.05) is 45.3 Å². The van der Waals surface area contributed by atoms with Crippen LogP contribution in [0.25, 0.3) is 0 Å². The third-order valence-corrected chi connectivity index (χ3v) is 10.9. The zero-order chi connectivity index (χ0) is 38.7. The lowest BCUT2D eigenvalue weighted by molar-refractivity contribution is -0.144. The first-order chi connectivity index (χ1) is 24.0. The van der Waals surface area contributed by atoms with Crippen molar-refractivity contribution in [1.82, 2.24) is 25.4 Å². The van der Waals surface area contributed by atoms with Gasteiger partial charge < -0.3 is 29.7 Å². The molecule has 15 heteroatoms. The van der Waals surface area contributed by atoms with Crippen LogP contribution in [0.3, 0.4) is 0 Å². The lowest BCUT2D eigenvalue weighted by Gasteiger charge is -2.40. The number of likely N-dealkylation sites (N-methyl/N-ethyl adjacent to an activating group) is 2.